The van der Waals surface area contributed by atoms with Crippen molar-refractivity contribution in [1.29, 1.82) is 0 Å². The van der Waals surface area contributed by atoms with Gasteiger partial charge < -0.3 is 20.5 Å². The SMILES string of the molecule is CC(C)(C)CC(C)(C(=O)OCCNC(=O)Nc1ccccc1C(=O)O)C(C)(C)C. The molecule has 3 N–H and O–H groups in total. The number of hydrogen-bond acceptors (Lipinski definition) is 4. The molecule has 0 aromatic heterocycles. The Labute approximate surface area is 173 Å². The van der Waals surface area contributed by atoms with E-state index in [9.17, 15) is 14.4 Å². The third-order valence-corrected chi connectivity index (χ3v) is 5.02. The summed E-state index contributed by atoms with van der Waals surface area (Å²) in [7, 11) is 0. The number of aromatic carboxylic acids is 1. The van der Waals surface area contributed by atoms with Crippen LogP contribution in [0.5, 0.6) is 0 Å². The van der Waals surface area contributed by atoms with E-state index >= 15 is 0 Å². The maximum absolute atomic E-state index is 12.8. The maximum atomic E-state index is 12.8. The molecule has 29 heavy (non-hydrogen) atoms. The fraction of sp³-hybridized carbons (Fsp3) is 0.591. The molecule has 0 heterocycles. The van der Waals surface area contributed by atoms with Gasteiger partial charge in [0.05, 0.1) is 23.2 Å². The fourth-order valence-corrected chi connectivity index (χ4v) is 3.12. The minimum atomic E-state index is -1.13. The first-order valence-electron chi connectivity index (χ1n) is 9.72. The van der Waals surface area contributed by atoms with Gasteiger partial charge in [-0.15, -0.1) is 0 Å². The summed E-state index contributed by atoms with van der Waals surface area (Å²) in [5, 5.41) is 14.2. The first kappa shape index (κ1) is 24.5. The Morgan fingerprint density at radius 1 is 1.00 bits per heavy atom. The molecule has 162 valence electrons. The van der Waals surface area contributed by atoms with Crippen molar-refractivity contribution in [2.75, 3.05) is 18.5 Å². The quantitative estimate of drug-likeness (QED) is 0.455. The van der Waals surface area contributed by atoms with Crippen molar-refractivity contribution >= 4 is 23.7 Å². The Morgan fingerprint density at radius 3 is 2.10 bits per heavy atom. The molecule has 0 radical (unpaired) electrons. The van der Waals surface area contributed by atoms with Crippen LogP contribution in [0.25, 0.3) is 0 Å². The first-order valence-corrected chi connectivity index (χ1v) is 9.72. The molecule has 1 aromatic rings. The van der Waals surface area contributed by atoms with Crippen molar-refractivity contribution in [1.82, 2.24) is 5.32 Å². The zero-order valence-electron chi connectivity index (χ0n) is 18.5. The average molecular weight is 407 g/mol. The van der Waals surface area contributed by atoms with E-state index in [-0.39, 0.29) is 41.2 Å². The minimum absolute atomic E-state index is 0.00259. The van der Waals surface area contributed by atoms with Crippen LogP contribution in [0.1, 0.15) is 65.2 Å². The van der Waals surface area contributed by atoms with Crippen molar-refractivity contribution in [3.05, 3.63) is 29.8 Å². The average Bonchev–Trinajstić information content (AvgIpc) is 2.56. The second-order valence-electron chi connectivity index (χ2n) is 9.69. The molecule has 0 saturated heterocycles. The van der Waals surface area contributed by atoms with Crippen LogP contribution in [-0.4, -0.2) is 36.2 Å². The van der Waals surface area contributed by atoms with E-state index in [1.165, 1.54) is 12.1 Å². The summed E-state index contributed by atoms with van der Waals surface area (Å²) in [5.74, 6) is -1.42. The van der Waals surface area contributed by atoms with Crippen LogP contribution in [-0.2, 0) is 9.53 Å². The number of carbonyl (C=O) groups is 3. The van der Waals surface area contributed by atoms with E-state index in [1.807, 2.05) is 27.7 Å². The molecular formula is C22H34N2O5. The highest BCUT2D eigenvalue weighted by molar-refractivity contribution is 5.99. The Bertz CT molecular complexity index is 746. The molecule has 0 spiro atoms. The van der Waals surface area contributed by atoms with Gasteiger partial charge in [0.1, 0.15) is 6.61 Å². The number of para-hydroxylation sites is 1. The van der Waals surface area contributed by atoms with E-state index in [1.54, 1.807) is 12.1 Å². The zero-order valence-corrected chi connectivity index (χ0v) is 18.5. The standard InChI is InChI=1S/C22H34N2O5/c1-20(2,3)14-22(7,21(4,5)6)18(27)29-13-12-23-19(28)24-16-11-9-8-10-15(16)17(25)26/h8-11H,12-14H2,1-7H3,(H,25,26)(H2,23,24,28). The predicted molar refractivity (Wildman–Crippen MR) is 113 cm³/mol. The van der Waals surface area contributed by atoms with E-state index < -0.39 is 17.4 Å². The number of nitrogens with one attached hydrogen (secondary N) is 2. The van der Waals surface area contributed by atoms with Crippen molar-refractivity contribution in [2.45, 2.75) is 54.9 Å². The summed E-state index contributed by atoms with van der Waals surface area (Å²) in [5.41, 5.74) is -0.815. The van der Waals surface area contributed by atoms with Crippen LogP contribution in [0.4, 0.5) is 10.5 Å². The number of hydrogen-bond donors (Lipinski definition) is 3. The second kappa shape index (κ2) is 9.29. The van der Waals surface area contributed by atoms with Crippen molar-refractivity contribution < 1.29 is 24.2 Å². The largest absolute Gasteiger partial charge is 0.478 e. The molecule has 7 heteroatoms. The van der Waals surface area contributed by atoms with Gasteiger partial charge in [0, 0.05) is 0 Å². The smallest absolute Gasteiger partial charge is 0.337 e. The normalized spacial score (nSPS) is 13.9. The first-order chi connectivity index (χ1) is 13.2. The Kier molecular flexibility index (Phi) is 7.83. The van der Waals surface area contributed by atoms with Gasteiger partial charge in [-0.25, -0.2) is 9.59 Å². The van der Waals surface area contributed by atoms with E-state index in [0.29, 0.717) is 6.42 Å². The lowest BCUT2D eigenvalue weighted by molar-refractivity contribution is -0.164. The number of rotatable bonds is 7. The molecule has 1 rings (SSSR count). The summed E-state index contributed by atoms with van der Waals surface area (Å²) >= 11 is 0. The van der Waals surface area contributed by atoms with Crippen molar-refractivity contribution in [3.63, 3.8) is 0 Å². The number of benzene rings is 1. The number of anilines is 1. The van der Waals surface area contributed by atoms with Crippen LogP contribution in [0.2, 0.25) is 0 Å². The highest BCUT2D eigenvalue weighted by atomic mass is 16.5. The van der Waals surface area contributed by atoms with E-state index in [2.05, 4.69) is 31.4 Å². The molecule has 0 bridgehead atoms. The molecule has 0 aliphatic carbocycles. The molecule has 0 aliphatic heterocycles. The van der Waals surface area contributed by atoms with Gasteiger partial charge in [-0.05, 0) is 36.3 Å². The Hall–Kier alpha value is -2.57. The van der Waals surface area contributed by atoms with Gasteiger partial charge in [-0.1, -0.05) is 53.7 Å². The highest BCUT2D eigenvalue weighted by Crippen LogP contribution is 2.47. The molecule has 2 amide bonds. The highest BCUT2D eigenvalue weighted by Gasteiger charge is 2.47. The summed E-state index contributed by atoms with van der Waals surface area (Å²) in [6, 6.07) is 5.55. The molecule has 0 fully saturated rings. The summed E-state index contributed by atoms with van der Waals surface area (Å²) in [6.45, 7) is 14.4. The molecule has 1 aromatic carbocycles. The number of esters is 1. The molecule has 1 unspecified atom stereocenters. The van der Waals surface area contributed by atoms with Crippen molar-refractivity contribution in [2.24, 2.45) is 16.2 Å². The van der Waals surface area contributed by atoms with E-state index in [0.717, 1.165) is 0 Å². The lowest BCUT2D eigenvalue weighted by Crippen LogP contribution is -2.45. The van der Waals surface area contributed by atoms with Gasteiger partial charge in [0.25, 0.3) is 0 Å². The fourth-order valence-electron chi connectivity index (χ4n) is 3.12. The van der Waals surface area contributed by atoms with Gasteiger partial charge >= 0.3 is 18.0 Å². The third kappa shape index (κ3) is 7.07. The topological polar surface area (TPSA) is 105 Å². The monoisotopic (exact) mass is 406 g/mol. The molecule has 0 saturated carbocycles. The maximum Gasteiger partial charge on any atom is 0.337 e. The van der Waals surface area contributed by atoms with Gasteiger partial charge in [-0.3, -0.25) is 4.79 Å². The number of carboxylic acid groups (broad SMARTS) is 1. The number of ether oxygens (including phenoxy) is 1. The Morgan fingerprint density at radius 2 is 1.59 bits per heavy atom. The minimum Gasteiger partial charge on any atom is -0.478 e. The van der Waals surface area contributed by atoms with Crippen LogP contribution in [0.15, 0.2) is 24.3 Å². The van der Waals surface area contributed by atoms with Crippen LogP contribution in [0.3, 0.4) is 0 Å². The predicted octanol–water partition coefficient (Wildman–Crippen LogP) is 4.54. The van der Waals surface area contributed by atoms with Gasteiger partial charge in [0.15, 0.2) is 0 Å². The summed E-state index contributed by atoms with van der Waals surface area (Å²) in [6.07, 6.45) is 0.669. The Balaban J connectivity index is 2.61. The van der Waals surface area contributed by atoms with Crippen LogP contribution >= 0.6 is 0 Å². The second-order valence-corrected chi connectivity index (χ2v) is 9.69. The lowest BCUT2D eigenvalue weighted by Gasteiger charge is -2.43. The molecule has 0 aliphatic rings. The zero-order chi connectivity index (χ0) is 22.5. The summed E-state index contributed by atoms with van der Waals surface area (Å²) in [4.78, 5) is 36.0. The molecule has 1 atom stereocenters. The lowest BCUT2D eigenvalue weighted by atomic mass is 9.61. The van der Waals surface area contributed by atoms with Gasteiger partial charge in [-0.2, -0.15) is 0 Å². The number of carboxylic acids is 1. The van der Waals surface area contributed by atoms with Gasteiger partial charge in [0.2, 0.25) is 0 Å². The molecule has 7 nitrogen and oxygen atoms in total. The number of urea groups is 1. The number of carbonyl (C=O) groups excluding carboxylic acids is 2. The van der Waals surface area contributed by atoms with E-state index in [4.69, 9.17) is 9.84 Å². The van der Waals surface area contributed by atoms with Crippen LogP contribution < -0.4 is 10.6 Å². The number of amides is 2. The third-order valence-electron chi connectivity index (χ3n) is 5.02. The summed E-state index contributed by atoms with van der Waals surface area (Å²) < 4.78 is 5.47. The van der Waals surface area contributed by atoms with Crippen molar-refractivity contribution in [3.8, 4) is 0 Å². The van der Waals surface area contributed by atoms with Crippen LogP contribution in [0, 0.1) is 16.2 Å². The molecular weight excluding hydrogens is 372 g/mol.